The van der Waals surface area contributed by atoms with Crippen molar-refractivity contribution in [2.75, 3.05) is 45.3 Å². The van der Waals surface area contributed by atoms with E-state index < -0.39 is 0 Å². The van der Waals surface area contributed by atoms with Crippen LogP contribution in [0.3, 0.4) is 0 Å². The van der Waals surface area contributed by atoms with Crippen molar-refractivity contribution in [1.29, 1.82) is 0 Å². The summed E-state index contributed by atoms with van der Waals surface area (Å²) in [4.78, 5) is 13.1. The molecule has 0 bridgehead atoms. The molecule has 4 rings (SSSR count). The molecule has 3 aromatic rings. The van der Waals surface area contributed by atoms with Gasteiger partial charge in [0.05, 0.1) is 25.3 Å². The Morgan fingerprint density at radius 3 is 2.69 bits per heavy atom. The van der Waals surface area contributed by atoms with Crippen LogP contribution in [-0.2, 0) is 11.3 Å². The number of fused-ring (bicyclic) bond motifs is 1. The molecule has 0 atom stereocenters. The number of rotatable bonds is 4. The summed E-state index contributed by atoms with van der Waals surface area (Å²) in [5.74, 6) is 2.62. The van der Waals surface area contributed by atoms with Gasteiger partial charge in [0, 0.05) is 24.0 Å². The fourth-order valence-corrected chi connectivity index (χ4v) is 3.36. The second-order valence-electron chi connectivity index (χ2n) is 6.65. The summed E-state index contributed by atoms with van der Waals surface area (Å²) >= 11 is 6.19. The Hall–Kier alpha value is -2.15. The molecule has 2 aromatic heterocycles. The van der Waals surface area contributed by atoms with Crippen molar-refractivity contribution in [2.24, 2.45) is 0 Å². The molecule has 0 aliphatic carbocycles. The van der Waals surface area contributed by atoms with Crippen molar-refractivity contribution in [3.05, 3.63) is 41.4 Å². The Balaban J connectivity index is 1.72. The first-order chi connectivity index (χ1) is 12.6. The van der Waals surface area contributed by atoms with Crippen LogP contribution >= 0.6 is 11.6 Å². The topological polar surface area (TPSA) is 54.6 Å². The van der Waals surface area contributed by atoms with Crippen molar-refractivity contribution < 1.29 is 9.15 Å². The third-order valence-corrected chi connectivity index (χ3v) is 4.55. The highest BCUT2D eigenvalue weighted by Crippen LogP contribution is 2.31. The van der Waals surface area contributed by atoms with Gasteiger partial charge in [0.25, 0.3) is 0 Å². The highest BCUT2D eigenvalue weighted by atomic mass is 35.5. The molecule has 1 aliphatic heterocycles. The molecule has 6 nitrogen and oxygen atoms in total. The number of aromatic nitrogens is 2. The van der Waals surface area contributed by atoms with E-state index in [0.717, 1.165) is 53.4 Å². The zero-order valence-corrected chi connectivity index (χ0v) is 15.7. The van der Waals surface area contributed by atoms with Gasteiger partial charge in [-0.3, -0.25) is 0 Å². The van der Waals surface area contributed by atoms with E-state index >= 15 is 0 Å². The zero-order valence-electron chi connectivity index (χ0n) is 14.9. The molecule has 0 N–H and O–H groups in total. The standard InChI is InChI=1S/C19H21ClN4O2/c1-23(2)12-14-4-6-17(26-14)13-3-5-15-16(11-13)21-19(20)22-18(15)24-7-9-25-10-8-24/h3-6,11H,7-10,12H2,1-2H3. The van der Waals surface area contributed by atoms with Crippen molar-refractivity contribution >= 4 is 28.3 Å². The minimum atomic E-state index is 0.254. The predicted octanol–water partition coefficient (Wildman–Crippen LogP) is 3.44. The number of hydrogen-bond donors (Lipinski definition) is 0. The van der Waals surface area contributed by atoms with Crippen LogP contribution in [0.1, 0.15) is 5.76 Å². The van der Waals surface area contributed by atoms with Crippen LogP contribution in [0.5, 0.6) is 0 Å². The van der Waals surface area contributed by atoms with Gasteiger partial charge in [-0.1, -0.05) is 6.07 Å². The van der Waals surface area contributed by atoms with Gasteiger partial charge in [-0.05, 0) is 50.0 Å². The van der Waals surface area contributed by atoms with E-state index in [1.54, 1.807) is 0 Å². The Kier molecular flexibility index (Phi) is 4.80. The van der Waals surface area contributed by atoms with E-state index in [-0.39, 0.29) is 5.28 Å². The molecular weight excluding hydrogens is 352 g/mol. The summed E-state index contributed by atoms with van der Waals surface area (Å²) < 4.78 is 11.4. The lowest BCUT2D eigenvalue weighted by molar-refractivity contribution is 0.122. The van der Waals surface area contributed by atoms with E-state index in [0.29, 0.717) is 13.2 Å². The number of hydrogen-bond acceptors (Lipinski definition) is 6. The number of nitrogens with zero attached hydrogens (tertiary/aromatic N) is 4. The molecule has 136 valence electrons. The summed E-state index contributed by atoms with van der Waals surface area (Å²) in [6.45, 7) is 3.76. The van der Waals surface area contributed by atoms with Crippen molar-refractivity contribution in [2.45, 2.75) is 6.54 Å². The fraction of sp³-hybridized carbons (Fsp3) is 0.368. The number of halogens is 1. The lowest BCUT2D eigenvalue weighted by Crippen LogP contribution is -2.37. The largest absolute Gasteiger partial charge is 0.460 e. The Morgan fingerprint density at radius 1 is 1.12 bits per heavy atom. The first kappa shape index (κ1) is 17.3. The maximum absolute atomic E-state index is 6.19. The van der Waals surface area contributed by atoms with Gasteiger partial charge >= 0.3 is 0 Å². The van der Waals surface area contributed by atoms with Crippen LogP contribution in [0.4, 0.5) is 5.82 Å². The number of anilines is 1. The van der Waals surface area contributed by atoms with Crippen LogP contribution < -0.4 is 4.90 Å². The smallest absolute Gasteiger partial charge is 0.224 e. The zero-order chi connectivity index (χ0) is 18.1. The molecule has 0 unspecified atom stereocenters. The second-order valence-corrected chi connectivity index (χ2v) is 6.99. The summed E-state index contributed by atoms with van der Waals surface area (Å²) in [6, 6.07) is 10.1. The Morgan fingerprint density at radius 2 is 1.92 bits per heavy atom. The quantitative estimate of drug-likeness (QED) is 0.654. The van der Waals surface area contributed by atoms with Gasteiger partial charge in [-0.25, -0.2) is 4.98 Å². The van der Waals surface area contributed by atoms with Gasteiger partial charge < -0.3 is 19.0 Å². The third-order valence-electron chi connectivity index (χ3n) is 4.38. The molecule has 1 saturated heterocycles. The van der Waals surface area contributed by atoms with Crippen molar-refractivity contribution in [3.8, 4) is 11.3 Å². The molecule has 1 fully saturated rings. The molecule has 3 heterocycles. The van der Waals surface area contributed by atoms with Crippen LogP contribution in [-0.4, -0.2) is 55.3 Å². The van der Waals surface area contributed by atoms with Gasteiger partial charge in [0.2, 0.25) is 5.28 Å². The molecular formula is C19H21ClN4O2. The van der Waals surface area contributed by atoms with Crippen LogP contribution in [0, 0.1) is 0 Å². The molecule has 26 heavy (non-hydrogen) atoms. The first-order valence-corrected chi connectivity index (χ1v) is 9.02. The summed E-state index contributed by atoms with van der Waals surface area (Å²) in [7, 11) is 4.04. The highest BCUT2D eigenvalue weighted by molar-refractivity contribution is 6.28. The SMILES string of the molecule is CN(C)Cc1ccc(-c2ccc3c(N4CCOCC4)nc(Cl)nc3c2)o1. The maximum Gasteiger partial charge on any atom is 0.224 e. The minimum Gasteiger partial charge on any atom is -0.460 e. The normalized spacial score (nSPS) is 15.2. The van der Waals surface area contributed by atoms with Crippen molar-refractivity contribution in [3.63, 3.8) is 0 Å². The minimum absolute atomic E-state index is 0.254. The van der Waals surface area contributed by atoms with Crippen LogP contribution in [0.2, 0.25) is 5.28 Å². The van der Waals surface area contributed by atoms with E-state index in [1.807, 2.05) is 44.4 Å². The summed E-state index contributed by atoms with van der Waals surface area (Å²) in [5, 5.41) is 1.24. The fourth-order valence-electron chi connectivity index (χ4n) is 3.18. The number of ether oxygens (including phenoxy) is 1. The van der Waals surface area contributed by atoms with E-state index in [9.17, 15) is 0 Å². The Bertz CT molecular complexity index is 919. The lowest BCUT2D eigenvalue weighted by Gasteiger charge is -2.28. The summed E-state index contributed by atoms with van der Waals surface area (Å²) in [5.41, 5.74) is 1.79. The number of furan rings is 1. The van der Waals surface area contributed by atoms with E-state index in [4.69, 9.17) is 20.8 Å². The highest BCUT2D eigenvalue weighted by Gasteiger charge is 2.18. The third kappa shape index (κ3) is 3.53. The average molecular weight is 373 g/mol. The summed E-state index contributed by atoms with van der Waals surface area (Å²) in [6.07, 6.45) is 0. The van der Waals surface area contributed by atoms with E-state index in [1.165, 1.54) is 0 Å². The van der Waals surface area contributed by atoms with Gasteiger partial charge in [-0.2, -0.15) is 4.98 Å². The number of benzene rings is 1. The molecule has 0 amide bonds. The number of morpholine rings is 1. The monoisotopic (exact) mass is 372 g/mol. The Labute approximate surface area is 157 Å². The molecule has 0 saturated carbocycles. The van der Waals surface area contributed by atoms with Crippen LogP contribution in [0.15, 0.2) is 34.7 Å². The van der Waals surface area contributed by atoms with Crippen molar-refractivity contribution in [1.82, 2.24) is 14.9 Å². The first-order valence-electron chi connectivity index (χ1n) is 8.64. The molecule has 0 spiro atoms. The average Bonchev–Trinajstić information content (AvgIpc) is 3.09. The molecule has 0 radical (unpaired) electrons. The lowest BCUT2D eigenvalue weighted by atomic mass is 10.1. The molecule has 1 aromatic carbocycles. The molecule has 7 heteroatoms. The van der Waals surface area contributed by atoms with Crippen LogP contribution in [0.25, 0.3) is 22.2 Å². The van der Waals surface area contributed by atoms with Gasteiger partial charge in [-0.15, -0.1) is 0 Å². The molecule has 1 aliphatic rings. The predicted molar refractivity (Wildman–Crippen MR) is 103 cm³/mol. The second kappa shape index (κ2) is 7.23. The van der Waals surface area contributed by atoms with E-state index in [2.05, 4.69) is 19.8 Å². The maximum atomic E-state index is 6.19. The van der Waals surface area contributed by atoms with Gasteiger partial charge in [0.15, 0.2) is 0 Å². The van der Waals surface area contributed by atoms with Gasteiger partial charge in [0.1, 0.15) is 17.3 Å².